The Balaban J connectivity index is 4.62. The summed E-state index contributed by atoms with van der Waals surface area (Å²) in [5.74, 6) is -1.60. The van der Waals surface area contributed by atoms with E-state index < -0.39 is 34.5 Å². The van der Waals surface area contributed by atoms with Gasteiger partial charge in [0.25, 0.3) is 0 Å². The molecular weight excluding hydrogens is 216 g/mol. The topological polar surface area (TPSA) is 98.0 Å². The fourth-order valence-corrected chi connectivity index (χ4v) is 1.19. The first-order valence-electron chi connectivity index (χ1n) is 3.17. The van der Waals surface area contributed by atoms with Crippen molar-refractivity contribution >= 4 is 40.5 Å². The molecule has 0 radical (unpaired) electrons. The van der Waals surface area contributed by atoms with Crippen molar-refractivity contribution in [3.8, 4) is 0 Å². The molecule has 0 unspecified atom stereocenters. The number of hydrogen-bond acceptors (Lipinski definition) is 4. The van der Waals surface area contributed by atoms with Crippen LogP contribution in [0.5, 0.6) is 0 Å². The van der Waals surface area contributed by atoms with Crippen molar-refractivity contribution in [3.05, 3.63) is 0 Å². The zero-order chi connectivity index (χ0) is 10.6. The lowest BCUT2D eigenvalue weighted by molar-refractivity contribution is -0.157. The minimum Gasteiger partial charge on any atom is -0.502 e. The van der Waals surface area contributed by atoms with E-state index in [4.69, 9.17) is 15.3 Å². The normalized spacial score (nSPS) is 10.8. The molecule has 0 fully saturated rings. The second-order valence-electron chi connectivity index (χ2n) is 2.48. The van der Waals surface area contributed by atoms with Gasteiger partial charge in [0.05, 0.1) is 12.8 Å². The first-order chi connectivity index (χ1) is 5.78. The molecule has 0 saturated heterocycles. The molecule has 0 aromatic rings. The summed E-state index contributed by atoms with van der Waals surface area (Å²) in [4.78, 5) is 10.5. The highest BCUT2D eigenvalue weighted by molar-refractivity contribution is 7.80. The van der Waals surface area contributed by atoms with Gasteiger partial charge in [0, 0.05) is 0 Å². The first-order valence-corrected chi connectivity index (χ1v) is 3.99. The van der Waals surface area contributed by atoms with E-state index >= 15 is 0 Å². The van der Waals surface area contributed by atoms with E-state index in [1.807, 2.05) is 0 Å². The highest BCUT2D eigenvalue weighted by Gasteiger charge is 2.38. The lowest BCUT2D eigenvalue weighted by Gasteiger charge is -2.20. The fraction of sp³-hybridized carbons (Fsp3) is 0.500. The van der Waals surface area contributed by atoms with Gasteiger partial charge in [-0.1, -0.05) is 0 Å². The number of hydrogen-bond donors (Lipinski definition) is 4. The molecule has 0 atom stereocenters. The van der Waals surface area contributed by atoms with Gasteiger partial charge < -0.3 is 20.4 Å². The predicted octanol–water partition coefficient (Wildman–Crippen LogP) is 0.353. The minimum absolute atomic E-state index is 0.641. The standard InChI is InChI=1S/C6H8O5S2/c7-3(12)1-6(11,5(9)10)2-4(8)13/h11H,1-2H2,(H,7,12)(H,8,13)(H,9,10). The smallest absolute Gasteiger partial charge is 0.336 e. The van der Waals surface area contributed by atoms with E-state index in [9.17, 15) is 9.90 Å². The summed E-state index contributed by atoms with van der Waals surface area (Å²) in [5.41, 5.74) is -2.32. The van der Waals surface area contributed by atoms with Gasteiger partial charge in [0.2, 0.25) is 0 Å². The quantitative estimate of drug-likeness (QED) is 0.500. The van der Waals surface area contributed by atoms with Crippen LogP contribution in [0, 0.1) is 0 Å². The van der Waals surface area contributed by atoms with Crippen LogP contribution in [0.15, 0.2) is 0 Å². The number of carbonyl (C=O) groups is 1. The van der Waals surface area contributed by atoms with Gasteiger partial charge in [-0.05, 0) is 24.4 Å². The van der Waals surface area contributed by atoms with Gasteiger partial charge in [0.15, 0.2) is 15.7 Å². The Kier molecular flexibility index (Phi) is 4.18. The summed E-state index contributed by atoms with van der Waals surface area (Å²) in [6.07, 6.45) is -1.28. The number of rotatable bonds is 5. The number of aliphatic carboxylic acids is 1. The maximum absolute atomic E-state index is 10.5. The van der Waals surface area contributed by atoms with Crippen LogP contribution in [0.3, 0.4) is 0 Å². The molecule has 0 aliphatic carbocycles. The third-order valence-electron chi connectivity index (χ3n) is 1.29. The average Bonchev–Trinajstić information content (AvgIpc) is 1.82. The van der Waals surface area contributed by atoms with E-state index in [0.29, 0.717) is 0 Å². The molecule has 0 saturated carbocycles. The van der Waals surface area contributed by atoms with Crippen LogP contribution in [-0.4, -0.2) is 42.1 Å². The van der Waals surface area contributed by atoms with E-state index in [0.717, 1.165) is 0 Å². The zero-order valence-corrected chi connectivity index (χ0v) is 8.06. The van der Waals surface area contributed by atoms with Crippen LogP contribution >= 0.6 is 24.4 Å². The van der Waals surface area contributed by atoms with Crippen molar-refractivity contribution in [1.82, 2.24) is 0 Å². The van der Waals surface area contributed by atoms with E-state index in [2.05, 4.69) is 24.4 Å². The molecule has 0 rings (SSSR count). The Hall–Kier alpha value is -0.790. The van der Waals surface area contributed by atoms with Crippen LogP contribution in [0.1, 0.15) is 12.8 Å². The monoisotopic (exact) mass is 224 g/mol. The Morgan fingerprint density at radius 1 is 1.08 bits per heavy atom. The molecule has 0 aromatic heterocycles. The molecule has 7 heteroatoms. The van der Waals surface area contributed by atoms with E-state index in [-0.39, 0.29) is 0 Å². The van der Waals surface area contributed by atoms with E-state index in [1.54, 1.807) is 0 Å². The maximum atomic E-state index is 10.5. The Labute approximate surface area is 84.6 Å². The summed E-state index contributed by atoms with van der Waals surface area (Å²) in [6.45, 7) is 0. The van der Waals surface area contributed by atoms with Crippen molar-refractivity contribution in [2.24, 2.45) is 0 Å². The number of thiocarbonyl (C=S) groups is 2. The van der Waals surface area contributed by atoms with Crippen LogP contribution < -0.4 is 0 Å². The zero-order valence-electron chi connectivity index (χ0n) is 6.43. The SMILES string of the molecule is O=C(O)C(O)(CC(O)=S)CC(O)=S. The molecule has 0 aromatic carbocycles. The van der Waals surface area contributed by atoms with E-state index in [1.165, 1.54) is 0 Å². The summed E-state index contributed by atoms with van der Waals surface area (Å²) < 4.78 is 0. The molecule has 0 amide bonds. The Morgan fingerprint density at radius 3 is 1.54 bits per heavy atom. The Bertz CT molecular complexity index is 233. The van der Waals surface area contributed by atoms with Crippen LogP contribution in [0.2, 0.25) is 0 Å². The molecule has 4 N–H and O–H groups in total. The number of carboxylic acids is 1. The first kappa shape index (κ1) is 12.2. The molecule has 0 bridgehead atoms. The molecule has 0 spiro atoms. The van der Waals surface area contributed by atoms with Gasteiger partial charge >= 0.3 is 5.97 Å². The van der Waals surface area contributed by atoms with Crippen LogP contribution in [-0.2, 0) is 4.79 Å². The molecular formula is C6H8O5S2. The van der Waals surface area contributed by atoms with Gasteiger partial charge in [0.1, 0.15) is 0 Å². The lowest BCUT2D eigenvalue weighted by Crippen LogP contribution is -2.42. The minimum atomic E-state index is -2.32. The second kappa shape index (κ2) is 4.45. The second-order valence-corrected chi connectivity index (χ2v) is 3.42. The van der Waals surface area contributed by atoms with Gasteiger partial charge in [-0.2, -0.15) is 0 Å². The van der Waals surface area contributed by atoms with Gasteiger partial charge in [-0.25, -0.2) is 4.79 Å². The molecule has 5 nitrogen and oxygen atoms in total. The van der Waals surface area contributed by atoms with Crippen LogP contribution in [0.25, 0.3) is 0 Å². The third-order valence-corrected chi connectivity index (χ3v) is 1.57. The van der Waals surface area contributed by atoms with Gasteiger partial charge in [-0.3, -0.25) is 0 Å². The largest absolute Gasteiger partial charge is 0.502 e. The number of aliphatic hydroxyl groups excluding tert-OH is 2. The van der Waals surface area contributed by atoms with Gasteiger partial charge in [-0.15, -0.1) is 0 Å². The van der Waals surface area contributed by atoms with Crippen molar-refractivity contribution in [3.63, 3.8) is 0 Å². The molecule has 13 heavy (non-hydrogen) atoms. The van der Waals surface area contributed by atoms with Crippen molar-refractivity contribution < 1.29 is 25.2 Å². The average molecular weight is 224 g/mol. The van der Waals surface area contributed by atoms with Crippen molar-refractivity contribution in [1.29, 1.82) is 0 Å². The molecule has 0 aliphatic heterocycles. The fourth-order valence-electron chi connectivity index (χ4n) is 0.714. The molecule has 0 aliphatic rings. The number of carboxylic acid groups (broad SMARTS) is 1. The summed E-state index contributed by atoms with van der Waals surface area (Å²) in [6, 6.07) is 0. The summed E-state index contributed by atoms with van der Waals surface area (Å²) in [7, 11) is 0. The highest BCUT2D eigenvalue weighted by Crippen LogP contribution is 2.16. The molecule has 74 valence electrons. The van der Waals surface area contributed by atoms with Crippen LogP contribution in [0.4, 0.5) is 0 Å². The van der Waals surface area contributed by atoms with Crippen molar-refractivity contribution in [2.75, 3.05) is 0 Å². The van der Waals surface area contributed by atoms with Crippen molar-refractivity contribution in [2.45, 2.75) is 18.4 Å². The lowest BCUT2D eigenvalue weighted by atomic mass is 9.97. The number of aliphatic hydroxyl groups is 3. The highest BCUT2D eigenvalue weighted by atomic mass is 32.1. The summed E-state index contributed by atoms with van der Waals surface area (Å²) >= 11 is 8.45. The molecule has 0 heterocycles. The maximum Gasteiger partial charge on any atom is 0.336 e. The Morgan fingerprint density at radius 2 is 1.38 bits per heavy atom. The predicted molar refractivity (Wildman–Crippen MR) is 52.3 cm³/mol. The third kappa shape index (κ3) is 4.11. The summed E-state index contributed by atoms with van der Waals surface area (Å²) in [5, 5.41) is 33.8.